The highest BCUT2D eigenvalue weighted by Crippen LogP contribution is 2.19. The Morgan fingerprint density at radius 2 is 1.96 bits per heavy atom. The molecular formula is C19H25N3O4. The molecule has 1 aromatic carbocycles. The molecule has 140 valence electrons. The number of aryl methyl sites for hydroxylation is 1. The van der Waals surface area contributed by atoms with Crippen LogP contribution in [0.1, 0.15) is 42.1 Å². The van der Waals surface area contributed by atoms with Crippen LogP contribution in [0.15, 0.2) is 33.5 Å². The van der Waals surface area contributed by atoms with E-state index in [1.54, 1.807) is 26.0 Å². The number of fused-ring (bicyclic) bond motifs is 1. The Bertz CT molecular complexity index is 859. The summed E-state index contributed by atoms with van der Waals surface area (Å²) in [5.41, 5.74) is 12.3. The molecule has 2 rings (SSSR count). The predicted molar refractivity (Wildman–Crippen MR) is 100 cm³/mol. The number of carbonyl (C=O) groups excluding carboxylic acids is 2. The summed E-state index contributed by atoms with van der Waals surface area (Å²) in [4.78, 5) is 36.2. The number of benzene rings is 1. The topological polar surface area (TPSA) is 128 Å². The number of Topliss-reactive ketones (excluding diaryl/α,β-unsaturated/α-hetero) is 1. The molecule has 2 aromatic rings. The summed E-state index contributed by atoms with van der Waals surface area (Å²) >= 11 is 0. The van der Waals surface area contributed by atoms with Gasteiger partial charge in [0.1, 0.15) is 5.58 Å². The average Bonchev–Trinajstić information content (AvgIpc) is 2.60. The van der Waals surface area contributed by atoms with Gasteiger partial charge in [-0.15, -0.1) is 0 Å². The highest BCUT2D eigenvalue weighted by atomic mass is 16.4. The fourth-order valence-corrected chi connectivity index (χ4v) is 2.75. The molecule has 0 aliphatic rings. The molecule has 0 aliphatic heterocycles. The van der Waals surface area contributed by atoms with Crippen LogP contribution >= 0.6 is 0 Å². The molecule has 1 heterocycles. The van der Waals surface area contributed by atoms with Crippen molar-refractivity contribution in [2.75, 3.05) is 6.54 Å². The summed E-state index contributed by atoms with van der Waals surface area (Å²) in [6.45, 7) is 3.96. The fourth-order valence-electron chi connectivity index (χ4n) is 2.75. The van der Waals surface area contributed by atoms with Crippen LogP contribution in [0.2, 0.25) is 0 Å². The van der Waals surface area contributed by atoms with Crippen LogP contribution in [-0.2, 0) is 4.79 Å². The van der Waals surface area contributed by atoms with E-state index in [2.05, 4.69) is 5.32 Å². The van der Waals surface area contributed by atoms with Gasteiger partial charge in [-0.1, -0.05) is 18.6 Å². The molecule has 0 radical (unpaired) electrons. The lowest BCUT2D eigenvalue weighted by molar-refractivity contribution is -0.122. The number of amides is 1. The molecular weight excluding hydrogens is 334 g/mol. The number of carbonyl (C=O) groups is 2. The normalized spacial score (nSPS) is 13.4. The van der Waals surface area contributed by atoms with Crippen LogP contribution in [0.3, 0.4) is 0 Å². The van der Waals surface area contributed by atoms with Crippen molar-refractivity contribution < 1.29 is 14.0 Å². The van der Waals surface area contributed by atoms with Crippen LogP contribution in [-0.4, -0.2) is 30.3 Å². The molecule has 5 N–H and O–H groups in total. The van der Waals surface area contributed by atoms with Gasteiger partial charge < -0.3 is 21.2 Å². The molecule has 0 bridgehead atoms. The van der Waals surface area contributed by atoms with E-state index < -0.39 is 17.7 Å². The van der Waals surface area contributed by atoms with Gasteiger partial charge in [0.05, 0.1) is 12.1 Å². The van der Waals surface area contributed by atoms with Crippen molar-refractivity contribution in [1.82, 2.24) is 5.32 Å². The largest absolute Gasteiger partial charge is 0.423 e. The number of nitrogens with two attached hydrogens (primary N) is 2. The Kier molecular flexibility index (Phi) is 6.65. The molecule has 0 fully saturated rings. The molecule has 7 nitrogen and oxygen atoms in total. The van der Waals surface area contributed by atoms with E-state index in [0.717, 1.165) is 23.8 Å². The maximum absolute atomic E-state index is 12.6. The Morgan fingerprint density at radius 1 is 1.23 bits per heavy atom. The summed E-state index contributed by atoms with van der Waals surface area (Å²) in [6.07, 6.45) is 2.08. The van der Waals surface area contributed by atoms with E-state index in [1.165, 1.54) is 12.1 Å². The minimum atomic E-state index is -0.739. The van der Waals surface area contributed by atoms with Crippen molar-refractivity contribution in [3.63, 3.8) is 0 Å². The first-order chi connectivity index (χ1) is 12.3. The van der Waals surface area contributed by atoms with Gasteiger partial charge in [0.15, 0.2) is 5.78 Å². The monoisotopic (exact) mass is 359 g/mol. The molecule has 0 spiro atoms. The zero-order valence-corrected chi connectivity index (χ0v) is 15.1. The van der Waals surface area contributed by atoms with E-state index >= 15 is 0 Å². The molecule has 1 amide bonds. The minimum Gasteiger partial charge on any atom is -0.423 e. The molecule has 1 aromatic heterocycles. The lowest BCUT2D eigenvalue weighted by atomic mass is 10.0. The van der Waals surface area contributed by atoms with Crippen LogP contribution in [0.5, 0.6) is 0 Å². The van der Waals surface area contributed by atoms with E-state index in [9.17, 15) is 14.4 Å². The van der Waals surface area contributed by atoms with Gasteiger partial charge in [-0.25, -0.2) is 4.79 Å². The summed E-state index contributed by atoms with van der Waals surface area (Å²) in [6, 6.07) is 4.90. The van der Waals surface area contributed by atoms with Crippen LogP contribution in [0.25, 0.3) is 11.0 Å². The molecule has 26 heavy (non-hydrogen) atoms. The van der Waals surface area contributed by atoms with Crippen molar-refractivity contribution in [2.24, 2.45) is 11.5 Å². The second-order valence-corrected chi connectivity index (χ2v) is 6.44. The second-order valence-electron chi connectivity index (χ2n) is 6.44. The quantitative estimate of drug-likeness (QED) is 0.369. The van der Waals surface area contributed by atoms with E-state index in [4.69, 9.17) is 15.9 Å². The van der Waals surface area contributed by atoms with Crippen LogP contribution in [0, 0.1) is 6.92 Å². The second kappa shape index (κ2) is 8.73. The van der Waals surface area contributed by atoms with Crippen molar-refractivity contribution in [1.29, 1.82) is 0 Å². The fraction of sp³-hybridized carbons (Fsp3) is 0.421. The Labute approximate surface area is 151 Å². The Balaban J connectivity index is 2.09. The van der Waals surface area contributed by atoms with E-state index in [0.29, 0.717) is 24.1 Å². The maximum Gasteiger partial charge on any atom is 0.336 e. The Hall–Kier alpha value is -2.51. The van der Waals surface area contributed by atoms with Gasteiger partial charge in [0.25, 0.3) is 0 Å². The summed E-state index contributed by atoms with van der Waals surface area (Å²) in [7, 11) is 0. The third-order valence-electron chi connectivity index (χ3n) is 4.29. The van der Waals surface area contributed by atoms with E-state index in [-0.39, 0.29) is 11.7 Å². The van der Waals surface area contributed by atoms with Gasteiger partial charge in [0, 0.05) is 17.0 Å². The van der Waals surface area contributed by atoms with Crippen molar-refractivity contribution in [3.8, 4) is 0 Å². The maximum atomic E-state index is 12.6. The van der Waals surface area contributed by atoms with Gasteiger partial charge in [-0.05, 0) is 44.9 Å². The van der Waals surface area contributed by atoms with Crippen LogP contribution in [0.4, 0.5) is 0 Å². The highest BCUT2D eigenvalue weighted by molar-refractivity contribution is 6.04. The zero-order valence-electron chi connectivity index (χ0n) is 15.1. The molecule has 2 atom stereocenters. The van der Waals surface area contributed by atoms with Gasteiger partial charge >= 0.3 is 5.63 Å². The summed E-state index contributed by atoms with van der Waals surface area (Å²) in [5, 5.41) is 3.40. The number of ketones is 1. The van der Waals surface area contributed by atoms with Crippen molar-refractivity contribution in [2.45, 2.75) is 45.2 Å². The number of unbranched alkanes of at least 4 members (excludes halogenated alkanes) is 1. The van der Waals surface area contributed by atoms with Crippen LogP contribution < -0.4 is 22.4 Å². The molecule has 7 heteroatoms. The number of hydrogen-bond donors (Lipinski definition) is 3. The zero-order chi connectivity index (χ0) is 19.3. The SMILES string of the molecule is Cc1cc(=O)oc2cc(C(=O)[C@H](C)NC(=O)[C@@H](N)CCCCN)ccc12. The standard InChI is InChI=1S/C19H25N3O4/c1-11-9-17(23)26-16-10-13(6-7-14(11)16)18(24)12(2)22-19(25)15(21)5-3-4-8-20/h6-7,9-10,12,15H,3-5,8,20-21H2,1-2H3,(H,22,25)/t12-,15-/m0/s1. The first kappa shape index (κ1) is 19.8. The number of nitrogens with one attached hydrogen (secondary N) is 1. The molecule has 0 unspecified atom stereocenters. The van der Waals surface area contributed by atoms with Gasteiger partial charge in [-0.2, -0.15) is 0 Å². The predicted octanol–water partition coefficient (Wildman–Crippen LogP) is 1.25. The van der Waals surface area contributed by atoms with Crippen molar-refractivity contribution in [3.05, 3.63) is 45.8 Å². The average molecular weight is 359 g/mol. The number of hydrogen-bond acceptors (Lipinski definition) is 6. The molecule has 0 saturated heterocycles. The Morgan fingerprint density at radius 3 is 2.65 bits per heavy atom. The summed E-state index contributed by atoms with van der Waals surface area (Å²) < 4.78 is 5.16. The smallest absolute Gasteiger partial charge is 0.336 e. The molecule has 0 aliphatic carbocycles. The third kappa shape index (κ3) is 4.77. The highest BCUT2D eigenvalue weighted by Gasteiger charge is 2.21. The first-order valence-electron chi connectivity index (χ1n) is 8.68. The third-order valence-corrected chi connectivity index (χ3v) is 4.29. The lowest BCUT2D eigenvalue weighted by Crippen LogP contribution is -2.47. The lowest BCUT2D eigenvalue weighted by Gasteiger charge is -2.17. The summed E-state index contributed by atoms with van der Waals surface area (Å²) in [5.74, 6) is -0.649. The van der Waals surface area contributed by atoms with Gasteiger partial charge in [0.2, 0.25) is 5.91 Å². The van der Waals surface area contributed by atoms with Gasteiger partial charge in [-0.3, -0.25) is 9.59 Å². The first-order valence-corrected chi connectivity index (χ1v) is 8.68. The minimum absolute atomic E-state index is 0.279. The van der Waals surface area contributed by atoms with E-state index in [1.807, 2.05) is 0 Å². The molecule has 0 saturated carbocycles. The van der Waals surface area contributed by atoms with Crippen molar-refractivity contribution >= 4 is 22.7 Å². The number of rotatable bonds is 8.